The average Bonchev–Trinajstić information content (AvgIpc) is 2.56. The van der Waals surface area contributed by atoms with Crippen molar-refractivity contribution in [2.24, 2.45) is 0 Å². The Morgan fingerprint density at radius 3 is 2.52 bits per heavy atom. The van der Waals surface area contributed by atoms with Gasteiger partial charge in [0.15, 0.2) is 0 Å². The first kappa shape index (κ1) is 17.1. The molecule has 3 N–H and O–H groups in total. The number of hydrogen-bond acceptors (Lipinski definition) is 4. The molecule has 0 spiro atoms. The maximum atomic E-state index is 12.0. The number of carbonyl (C=O) groups excluding carboxylic acids is 1. The maximum absolute atomic E-state index is 12.0. The van der Waals surface area contributed by atoms with Gasteiger partial charge < -0.3 is 20.1 Å². The maximum Gasteiger partial charge on any atom is 0.488 e. The number of nitrogens with one attached hydrogen (secondary N) is 1. The van der Waals surface area contributed by atoms with Crippen molar-refractivity contribution in [3.05, 3.63) is 54.1 Å². The van der Waals surface area contributed by atoms with Crippen LogP contribution in [0.2, 0.25) is 0 Å². The molecule has 0 aromatic heterocycles. The molecule has 2 aromatic carbocycles. The van der Waals surface area contributed by atoms with Gasteiger partial charge in [-0.15, -0.1) is 0 Å². The van der Waals surface area contributed by atoms with E-state index in [1.807, 2.05) is 0 Å². The third-order valence-electron chi connectivity index (χ3n) is 3.33. The lowest BCUT2D eigenvalue weighted by Gasteiger charge is -2.09. The molecule has 2 aromatic rings. The highest BCUT2D eigenvalue weighted by Crippen LogP contribution is 2.21. The van der Waals surface area contributed by atoms with Gasteiger partial charge in [0, 0.05) is 12.1 Å². The molecule has 23 heavy (non-hydrogen) atoms. The molecule has 0 aliphatic heterocycles. The zero-order chi connectivity index (χ0) is 16.7. The van der Waals surface area contributed by atoms with Crippen molar-refractivity contribution in [3.8, 4) is 11.5 Å². The summed E-state index contributed by atoms with van der Waals surface area (Å²) in [5, 5.41) is 21.0. The quantitative estimate of drug-likeness (QED) is 0.537. The normalized spacial score (nSPS) is 10.2. The van der Waals surface area contributed by atoms with E-state index in [0.717, 1.165) is 12.8 Å². The van der Waals surface area contributed by atoms with Crippen LogP contribution >= 0.6 is 0 Å². The van der Waals surface area contributed by atoms with Crippen LogP contribution in [-0.2, 0) is 0 Å². The van der Waals surface area contributed by atoms with Crippen molar-refractivity contribution < 1.29 is 19.6 Å². The van der Waals surface area contributed by atoms with Gasteiger partial charge in [-0.05, 0) is 42.2 Å². The molecule has 0 unspecified atom stereocenters. The second-order valence-electron chi connectivity index (χ2n) is 5.18. The summed E-state index contributed by atoms with van der Waals surface area (Å²) in [6, 6.07) is 13.4. The number of amides is 1. The minimum atomic E-state index is -1.50. The van der Waals surface area contributed by atoms with E-state index in [4.69, 9.17) is 14.8 Å². The lowest BCUT2D eigenvalue weighted by Crippen LogP contribution is -2.29. The Bertz CT molecular complexity index is 643. The summed E-state index contributed by atoms with van der Waals surface area (Å²) in [7, 11) is -1.50. The molecule has 0 atom stereocenters. The van der Waals surface area contributed by atoms with E-state index >= 15 is 0 Å². The number of rotatable bonds is 7. The van der Waals surface area contributed by atoms with E-state index in [1.165, 1.54) is 0 Å². The SMILES string of the molecule is CCCCNC(=O)c1cccc(Oc2ccc(B(O)O)cc2)c1. The first-order chi connectivity index (χ1) is 11.1. The van der Waals surface area contributed by atoms with Crippen LogP contribution in [0, 0.1) is 0 Å². The summed E-state index contributed by atoms with van der Waals surface area (Å²) in [6.07, 6.45) is 1.98. The summed E-state index contributed by atoms with van der Waals surface area (Å²) >= 11 is 0. The zero-order valence-electron chi connectivity index (χ0n) is 13.0. The zero-order valence-corrected chi connectivity index (χ0v) is 13.0. The number of carbonyl (C=O) groups is 1. The number of ether oxygens (including phenoxy) is 1. The van der Waals surface area contributed by atoms with E-state index < -0.39 is 7.12 Å². The Kier molecular flexibility index (Phi) is 6.20. The Labute approximate surface area is 136 Å². The van der Waals surface area contributed by atoms with Crippen LogP contribution < -0.4 is 15.5 Å². The minimum Gasteiger partial charge on any atom is -0.457 e. The smallest absolute Gasteiger partial charge is 0.457 e. The molecule has 0 saturated carbocycles. The Morgan fingerprint density at radius 1 is 1.13 bits per heavy atom. The predicted octanol–water partition coefficient (Wildman–Crippen LogP) is 1.69. The van der Waals surface area contributed by atoms with Gasteiger partial charge in [0.25, 0.3) is 5.91 Å². The fourth-order valence-corrected chi connectivity index (χ4v) is 2.03. The summed E-state index contributed by atoms with van der Waals surface area (Å²) < 4.78 is 5.69. The molecule has 1 amide bonds. The molecule has 0 heterocycles. The second kappa shape index (κ2) is 8.36. The fraction of sp³-hybridized carbons (Fsp3) is 0.235. The standard InChI is InChI=1S/C17H20BNO4/c1-2-3-11-19-17(20)13-5-4-6-16(12-13)23-15-9-7-14(8-10-15)18(21)22/h4-10,12,21-22H,2-3,11H2,1H3,(H,19,20). The summed E-state index contributed by atoms with van der Waals surface area (Å²) in [4.78, 5) is 12.0. The largest absolute Gasteiger partial charge is 0.488 e. The molecule has 5 nitrogen and oxygen atoms in total. The van der Waals surface area contributed by atoms with E-state index in [9.17, 15) is 4.79 Å². The monoisotopic (exact) mass is 313 g/mol. The van der Waals surface area contributed by atoms with Gasteiger partial charge in [-0.2, -0.15) is 0 Å². The fourth-order valence-electron chi connectivity index (χ4n) is 2.03. The molecule has 0 aliphatic carbocycles. The van der Waals surface area contributed by atoms with Crippen molar-refractivity contribution in [1.29, 1.82) is 0 Å². The van der Waals surface area contributed by atoms with Gasteiger partial charge in [0.05, 0.1) is 0 Å². The molecule has 0 aliphatic rings. The van der Waals surface area contributed by atoms with Crippen LogP contribution in [0.4, 0.5) is 0 Å². The van der Waals surface area contributed by atoms with Crippen molar-refractivity contribution in [2.45, 2.75) is 19.8 Å². The Morgan fingerprint density at radius 2 is 1.87 bits per heavy atom. The van der Waals surface area contributed by atoms with E-state index in [2.05, 4.69) is 12.2 Å². The van der Waals surface area contributed by atoms with Crippen LogP contribution in [0.5, 0.6) is 11.5 Å². The Balaban J connectivity index is 2.03. The molecular weight excluding hydrogens is 293 g/mol. The third kappa shape index (κ3) is 5.12. The number of unbranched alkanes of at least 4 members (excludes halogenated alkanes) is 1. The highest BCUT2D eigenvalue weighted by atomic mass is 16.5. The lowest BCUT2D eigenvalue weighted by atomic mass is 9.80. The van der Waals surface area contributed by atoms with Gasteiger partial charge in [0.1, 0.15) is 11.5 Å². The lowest BCUT2D eigenvalue weighted by molar-refractivity contribution is 0.0953. The van der Waals surface area contributed by atoms with E-state index in [-0.39, 0.29) is 5.91 Å². The van der Waals surface area contributed by atoms with Gasteiger partial charge in [0.2, 0.25) is 0 Å². The minimum absolute atomic E-state index is 0.123. The topological polar surface area (TPSA) is 78.8 Å². The summed E-state index contributed by atoms with van der Waals surface area (Å²) in [6.45, 7) is 2.73. The second-order valence-corrected chi connectivity index (χ2v) is 5.18. The molecular formula is C17H20BNO4. The number of benzene rings is 2. The van der Waals surface area contributed by atoms with Crippen molar-refractivity contribution >= 4 is 18.5 Å². The average molecular weight is 313 g/mol. The van der Waals surface area contributed by atoms with Crippen LogP contribution in [0.25, 0.3) is 0 Å². The van der Waals surface area contributed by atoms with Crippen LogP contribution in [0.1, 0.15) is 30.1 Å². The molecule has 0 radical (unpaired) electrons. The highest BCUT2D eigenvalue weighted by molar-refractivity contribution is 6.58. The van der Waals surface area contributed by atoms with Gasteiger partial charge in [-0.25, -0.2) is 0 Å². The Hall–Kier alpha value is -2.31. The van der Waals surface area contributed by atoms with Crippen LogP contribution in [0.15, 0.2) is 48.5 Å². The summed E-state index contributed by atoms with van der Waals surface area (Å²) in [5.74, 6) is 0.978. The first-order valence-corrected chi connectivity index (χ1v) is 7.62. The van der Waals surface area contributed by atoms with E-state index in [0.29, 0.717) is 29.1 Å². The van der Waals surface area contributed by atoms with Crippen molar-refractivity contribution in [3.63, 3.8) is 0 Å². The molecule has 2 rings (SSSR count). The van der Waals surface area contributed by atoms with Crippen LogP contribution in [-0.4, -0.2) is 29.6 Å². The molecule has 0 fully saturated rings. The highest BCUT2D eigenvalue weighted by Gasteiger charge is 2.10. The van der Waals surface area contributed by atoms with Gasteiger partial charge in [-0.1, -0.05) is 31.5 Å². The molecule has 0 saturated heterocycles. The predicted molar refractivity (Wildman–Crippen MR) is 90.0 cm³/mol. The molecule has 120 valence electrons. The summed E-state index contributed by atoms with van der Waals surface area (Å²) in [5.41, 5.74) is 0.933. The van der Waals surface area contributed by atoms with Gasteiger partial charge in [-0.3, -0.25) is 4.79 Å². The van der Waals surface area contributed by atoms with E-state index in [1.54, 1.807) is 48.5 Å². The van der Waals surface area contributed by atoms with Gasteiger partial charge >= 0.3 is 7.12 Å². The number of hydrogen-bond donors (Lipinski definition) is 3. The molecule has 0 bridgehead atoms. The van der Waals surface area contributed by atoms with Crippen molar-refractivity contribution in [2.75, 3.05) is 6.54 Å². The molecule has 6 heteroatoms. The third-order valence-corrected chi connectivity index (χ3v) is 3.33. The first-order valence-electron chi connectivity index (χ1n) is 7.62. The van der Waals surface area contributed by atoms with Crippen molar-refractivity contribution in [1.82, 2.24) is 5.32 Å². The van der Waals surface area contributed by atoms with Crippen LogP contribution in [0.3, 0.4) is 0 Å².